The van der Waals surface area contributed by atoms with Crippen LogP contribution >= 0.6 is 0 Å². The van der Waals surface area contributed by atoms with Crippen molar-refractivity contribution in [1.82, 2.24) is 0 Å². The zero-order valence-corrected chi connectivity index (χ0v) is 13.7. The van der Waals surface area contributed by atoms with Crippen molar-refractivity contribution in [3.05, 3.63) is 59.7 Å². The van der Waals surface area contributed by atoms with Crippen LogP contribution in [0.15, 0.2) is 48.5 Å². The third-order valence-electron chi connectivity index (χ3n) is 3.12. The molecule has 0 aromatic heterocycles. The van der Waals surface area contributed by atoms with Crippen molar-refractivity contribution in [3.8, 4) is 0 Å². The minimum absolute atomic E-state index is 0.335. The summed E-state index contributed by atoms with van der Waals surface area (Å²) in [6.07, 6.45) is 0. The highest BCUT2D eigenvalue weighted by Gasteiger charge is 2.07. The number of hydrogen-bond acceptors (Lipinski definition) is 6. The molecule has 2 rings (SSSR count). The molecule has 0 fully saturated rings. The smallest absolute Gasteiger partial charge is 0.338 e. The Morgan fingerprint density at radius 3 is 2.00 bits per heavy atom. The summed E-state index contributed by atoms with van der Waals surface area (Å²) in [6, 6.07) is 13.8. The Labute approximate surface area is 140 Å². The molecule has 0 saturated carbocycles. The number of nitrogens with one attached hydrogen (secondary N) is 2. The highest BCUT2D eigenvalue weighted by Crippen LogP contribution is 2.14. The van der Waals surface area contributed by atoms with Crippen molar-refractivity contribution in [2.24, 2.45) is 0 Å². The summed E-state index contributed by atoms with van der Waals surface area (Å²) >= 11 is 0. The van der Waals surface area contributed by atoms with Crippen LogP contribution in [0.5, 0.6) is 0 Å². The molecule has 126 valence electrons. The van der Waals surface area contributed by atoms with Crippen molar-refractivity contribution in [2.45, 2.75) is 13.8 Å². The molecule has 2 aromatic rings. The van der Waals surface area contributed by atoms with Gasteiger partial charge in [-0.1, -0.05) is 6.07 Å². The van der Waals surface area contributed by atoms with Gasteiger partial charge in [0.1, 0.15) is 0 Å². The molecule has 24 heavy (non-hydrogen) atoms. The third kappa shape index (κ3) is 4.74. The number of benzene rings is 2. The fourth-order valence-corrected chi connectivity index (χ4v) is 1.99. The first kappa shape index (κ1) is 17.3. The molecule has 0 amide bonds. The van der Waals surface area contributed by atoms with E-state index in [9.17, 15) is 9.59 Å². The summed E-state index contributed by atoms with van der Waals surface area (Å²) in [6.45, 7) is 4.21. The van der Waals surface area contributed by atoms with E-state index in [1.165, 1.54) is 0 Å². The molecule has 0 unspecified atom stereocenters. The fourth-order valence-electron chi connectivity index (χ4n) is 1.99. The second kappa shape index (κ2) is 8.57. The van der Waals surface area contributed by atoms with Crippen molar-refractivity contribution in [2.75, 3.05) is 24.1 Å². The lowest BCUT2D eigenvalue weighted by atomic mass is 10.2. The van der Waals surface area contributed by atoms with Crippen LogP contribution in [-0.4, -0.2) is 25.2 Å². The Bertz CT molecular complexity index is 698. The molecule has 0 radical (unpaired) electrons. The van der Waals surface area contributed by atoms with E-state index in [2.05, 4.69) is 10.9 Å². The average molecular weight is 328 g/mol. The predicted octanol–water partition coefficient (Wildman–Crippen LogP) is 3.48. The van der Waals surface area contributed by atoms with E-state index in [1.54, 1.807) is 56.3 Å². The summed E-state index contributed by atoms with van der Waals surface area (Å²) in [5.74, 6) is -0.709. The molecule has 0 heterocycles. The molecule has 6 nitrogen and oxygen atoms in total. The molecule has 2 aromatic carbocycles. The van der Waals surface area contributed by atoms with Gasteiger partial charge >= 0.3 is 11.9 Å². The zero-order chi connectivity index (χ0) is 17.4. The monoisotopic (exact) mass is 328 g/mol. The molecule has 0 aliphatic carbocycles. The highest BCUT2D eigenvalue weighted by atomic mass is 16.5. The quantitative estimate of drug-likeness (QED) is 0.598. The van der Waals surface area contributed by atoms with E-state index in [4.69, 9.17) is 9.47 Å². The summed E-state index contributed by atoms with van der Waals surface area (Å²) in [5.41, 5.74) is 8.45. The third-order valence-corrected chi connectivity index (χ3v) is 3.12. The van der Waals surface area contributed by atoms with Crippen LogP contribution in [-0.2, 0) is 9.47 Å². The molecule has 6 heteroatoms. The number of anilines is 2. The first-order valence-electron chi connectivity index (χ1n) is 7.70. The Kier molecular flexibility index (Phi) is 6.19. The Balaban J connectivity index is 1.97. The van der Waals surface area contributed by atoms with Crippen LogP contribution in [0.2, 0.25) is 0 Å². The van der Waals surface area contributed by atoms with Gasteiger partial charge in [0.2, 0.25) is 0 Å². The summed E-state index contributed by atoms with van der Waals surface area (Å²) < 4.78 is 9.90. The molecule has 0 aliphatic heterocycles. The van der Waals surface area contributed by atoms with Crippen LogP contribution in [0.3, 0.4) is 0 Å². The van der Waals surface area contributed by atoms with Gasteiger partial charge in [-0.25, -0.2) is 9.59 Å². The molecular formula is C18H20N2O4. The predicted molar refractivity (Wildman–Crippen MR) is 92.0 cm³/mol. The van der Waals surface area contributed by atoms with Gasteiger partial charge in [0, 0.05) is 0 Å². The molecule has 0 saturated heterocycles. The van der Waals surface area contributed by atoms with Gasteiger partial charge in [-0.2, -0.15) is 0 Å². The van der Waals surface area contributed by atoms with Crippen molar-refractivity contribution in [1.29, 1.82) is 0 Å². The van der Waals surface area contributed by atoms with Crippen LogP contribution in [0, 0.1) is 0 Å². The molecule has 0 aliphatic rings. The standard InChI is InChI=1S/C18H20N2O4/c1-3-23-17(21)13-8-10-15(11-9-13)19-20-16-7-5-6-14(12-16)18(22)24-4-2/h5-12,19-20H,3-4H2,1-2H3. The zero-order valence-electron chi connectivity index (χ0n) is 13.7. The van der Waals surface area contributed by atoms with Crippen molar-refractivity contribution < 1.29 is 19.1 Å². The topological polar surface area (TPSA) is 76.7 Å². The van der Waals surface area contributed by atoms with E-state index in [1.807, 2.05) is 6.07 Å². The van der Waals surface area contributed by atoms with E-state index in [0.717, 1.165) is 11.4 Å². The largest absolute Gasteiger partial charge is 0.462 e. The van der Waals surface area contributed by atoms with Gasteiger partial charge in [0.25, 0.3) is 0 Å². The number of hydrazine groups is 1. The Morgan fingerprint density at radius 2 is 1.38 bits per heavy atom. The molecule has 0 bridgehead atoms. The van der Waals surface area contributed by atoms with E-state index >= 15 is 0 Å². The summed E-state index contributed by atoms with van der Waals surface area (Å²) in [4.78, 5) is 23.3. The SMILES string of the molecule is CCOC(=O)c1ccc(NNc2cccc(C(=O)OCC)c2)cc1. The number of ether oxygens (including phenoxy) is 2. The van der Waals surface area contributed by atoms with Crippen molar-refractivity contribution in [3.63, 3.8) is 0 Å². The molecule has 0 atom stereocenters. The van der Waals surface area contributed by atoms with Gasteiger partial charge < -0.3 is 20.3 Å². The van der Waals surface area contributed by atoms with Crippen LogP contribution < -0.4 is 10.9 Å². The normalized spacial score (nSPS) is 9.92. The second-order valence-electron chi connectivity index (χ2n) is 4.85. The summed E-state index contributed by atoms with van der Waals surface area (Å²) in [7, 11) is 0. The Morgan fingerprint density at radius 1 is 0.792 bits per heavy atom. The number of esters is 2. The van der Waals surface area contributed by atoms with Gasteiger partial charge in [-0.3, -0.25) is 0 Å². The number of carbonyl (C=O) groups is 2. The minimum atomic E-state index is -0.361. The molecular weight excluding hydrogens is 308 g/mol. The highest BCUT2D eigenvalue weighted by molar-refractivity contribution is 5.91. The lowest BCUT2D eigenvalue weighted by Crippen LogP contribution is -2.11. The van der Waals surface area contributed by atoms with Crippen LogP contribution in [0.1, 0.15) is 34.6 Å². The van der Waals surface area contributed by atoms with E-state index in [-0.39, 0.29) is 11.9 Å². The first-order valence-corrected chi connectivity index (χ1v) is 7.70. The first-order chi connectivity index (χ1) is 11.6. The molecule has 0 spiro atoms. The fraction of sp³-hybridized carbons (Fsp3) is 0.222. The van der Waals surface area contributed by atoms with Gasteiger partial charge in [-0.15, -0.1) is 0 Å². The Hall–Kier alpha value is -3.02. The van der Waals surface area contributed by atoms with E-state index in [0.29, 0.717) is 24.3 Å². The van der Waals surface area contributed by atoms with E-state index < -0.39 is 0 Å². The number of carbonyl (C=O) groups excluding carboxylic acids is 2. The van der Waals surface area contributed by atoms with Gasteiger partial charge in [-0.05, 0) is 56.3 Å². The second-order valence-corrected chi connectivity index (χ2v) is 4.85. The maximum Gasteiger partial charge on any atom is 0.338 e. The van der Waals surface area contributed by atoms with Crippen LogP contribution in [0.25, 0.3) is 0 Å². The lowest BCUT2D eigenvalue weighted by Gasteiger charge is -2.11. The van der Waals surface area contributed by atoms with Crippen LogP contribution in [0.4, 0.5) is 11.4 Å². The average Bonchev–Trinajstić information content (AvgIpc) is 2.61. The van der Waals surface area contributed by atoms with Gasteiger partial charge in [0.15, 0.2) is 0 Å². The minimum Gasteiger partial charge on any atom is -0.462 e. The van der Waals surface area contributed by atoms with Gasteiger partial charge in [0.05, 0.1) is 35.7 Å². The lowest BCUT2D eigenvalue weighted by molar-refractivity contribution is 0.0517. The maximum absolute atomic E-state index is 11.7. The molecule has 2 N–H and O–H groups in total. The maximum atomic E-state index is 11.7. The van der Waals surface area contributed by atoms with Crippen molar-refractivity contribution >= 4 is 23.3 Å². The number of hydrogen-bond donors (Lipinski definition) is 2. The number of rotatable bonds is 7. The summed E-state index contributed by atoms with van der Waals surface area (Å²) in [5, 5.41) is 0.